The molecule has 0 heterocycles. The van der Waals surface area contributed by atoms with Crippen molar-refractivity contribution in [2.24, 2.45) is 0 Å². The zero-order valence-corrected chi connectivity index (χ0v) is 10.2. The summed E-state index contributed by atoms with van der Waals surface area (Å²) in [6, 6.07) is 5.63. The van der Waals surface area contributed by atoms with Crippen LogP contribution in [0.2, 0.25) is 0 Å². The van der Waals surface area contributed by atoms with E-state index in [2.05, 4.69) is 12.2 Å². The summed E-state index contributed by atoms with van der Waals surface area (Å²) in [6.07, 6.45) is 2.34. The number of carbonyl (C=O) groups is 1. The first-order valence-electron chi connectivity index (χ1n) is 5.66. The highest BCUT2D eigenvalue weighted by molar-refractivity contribution is 5.69. The first-order valence-corrected chi connectivity index (χ1v) is 5.66. The van der Waals surface area contributed by atoms with Crippen molar-refractivity contribution >= 4 is 11.7 Å². The number of unbranched alkanes of at least 4 members (excludes halogenated alkanes) is 1. The zero-order valence-electron chi connectivity index (χ0n) is 10.2. The molecule has 0 fully saturated rings. The Hall–Kier alpha value is -1.51. The Morgan fingerprint density at radius 2 is 2.19 bits per heavy atom. The fourth-order valence-electron chi connectivity index (χ4n) is 1.46. The van der Waals surface area contributed by atoms with E-state index in [1.807, 2.05) is 25.1 Å². The lowest BCUT2D eigenvalue weighted by Gasteiger charge is -2.10. The minimum absolute atomic E-state index is 0.286. The Bertz CT molecular complexity index is 361. The molecule has 1 rings (SSSR count). The lowest BCUT2D eigenvalue weighted by atomic mass is 10.2. The summed E-state index contributed by atoms with van der Waals surface area (Å²) in [4.78, 5) is 10.8. The predicted molar refractivity (Wildman–Crippen MR) is 65.9 cm³/mol. The van der Waals surface area contributed by atoms with Crippen LogP contribution in [0.25, 0.3) is 0 Å². The van der Waals surface area contributed by atoms with Gasteiger partial charge in [-0.3, -0.25) is 4.79 Å². The molecule has 1 aromatic rings. The second kappa shape index (κ2) is 6.16. The molecule has 88 valence electrons. The Morgan fingerprint density at radius 1 is 1.44 bits per heavy atom. The summed E-state index contributed by atoms with van der Waals surface area (Å²) < 4.78 is 5.01. The molecule has 0 unspecified atom stereocenters. The molecule has 3 nitrogen and oxygen atoms in total. The van der Waals surface area contributed by atoms with E-state index in [-0.39, 0.29) is 5.97 Å². The Morgan fingerprint density at radius 3 is 2.75 bits per heavy atom. The van der Waals surface area contributed by atoms with Crippen molar-refractivity contribution < 1.29 is 9.53 Å². The highest BCUT2D eigenvalue weighted by Gasteiger charge is 2.02. The van der Waals surface area contributed by atoms with Gasteiger partial charge in [-0.2, -0.15) is 0 Å². The Kier molecular flexibility index (Phi) is 4.83. The van der Waals surface area contributed by atoms with Crippen molar-refractivity contribution in [1.82, 2.24) is 0 Å². The lowest BCUT2D eigenvalue weighted by molar-refractivity contribution is -0.131. The van der Waals surface area contributed by atoms with Gasteiger partial charge in [-0.1, -0.05) is 13.3 Å². The third-order valence-electron chi connectivity index (χ3n) is 2.31. The molecule has 0 atom stereocenters. The third-order valence-corrected chi connectivity index (χ3v) is 2.31. The quantitative estimate of drug-likeness (QED) is 0.471. The van der Waals surface area contributed by atoms with Gasteiger partial charge in [-0.15, -0.1) is 0 Å². The molecule has 1 N–H and O–H groups in total. The maximum absolute atomic E-state index is 10.8. The minimum Gasteiger partial charge on any atom is -0.427 e. The molecule has 0 aliphatic rings. The average Bonchev–Trinajstić information content (AvgIpc) is 2.20. The van der Waals surface area contributed by atoms with Crippen molar-refractivity contribution in [2.75, 3.05) is 11.9 Å². The molecule has 0 radical (unpaired) electrons. The van der Waals surface area contributed by atoms with E-state index in [1.54, 1.807) is 0 Å². The number of aryl methyl sites for hydroxylation is 1. The number of benzene rings is 1. The van der Waals surface area contributed by atoms with Gasteiger partial charge in [-0.05, 0) is 37.1 Å². The minimum atomic E-state index is -0.286. The van der Waals surface area contributed by atoms with Crippen LogP contribution in [0.3, 0.4) is 0 Å². The van der Waals surface area contributed by atoms with E-state index in [9.17, 15) is 4.79 Å². The first kappa shape index (κ1) is 12.6. The van der Waals surface area contributed by atoms with Crippen LogP contribution in [0, 0.1) is 6.92 Å². The molecule has 0 bridgehead atoms. The summed E-state index contributed by atoms with van der Waals surface area (Å²) in [6.45, 7) is 6.55. The van der Waals surface area contributed by atoms with E-state index >= 15 is 0 Å². The largest absolute Gasteiger partial charge is 0.427 e. The molecule has 0 aliphatic carbocycles. The molecular weight excluding hydrogens is 202 g/mol. The van der Waals surface area contributed by atoms with Gasteiger partial charge in [0.25, 0.3) is 0 Å². The summed E-state index contributed by atoms with van der Waals surface area (Å²) in [5, 5.41) is 3.35. The number of hydrogen-bond acceptors (Lipinski definition) is 3. The molecule has 16 heavy (non-hydrogen) atoms. The molecule has 3 heteroatoms. The second-order valence-electron chi connectivity index (χ2n) is 3.85. The van der Waals surface area contributed by atoms with Crippen molar-refractivity contribution in [3.63, 3.8) is 0 Å². The van der Waals surface area contributed by atoms with E-state index < -0.39 is 0 Å². The van der Waals surface area contributed by atoms with Crippen molar-refractivity contribution in [3.05, 3.63) is 23.8 Å². The van der Waals surface area contributed by atoms with Crippen LogP contribution in [0.1, 0.15) is 32.3 Å². The van der Waals surface area contributed by atoms with Crippen LogP contribution in [0.5, 0.6) is 5.75 Å². The van der Waals surface area contributed by atoms with Crippen LogP contribution in [-0.4, -0.2) is 12.5 Å². The normalized spacial score (nSPS) is 9.94. The van der Waals surface area contributed by atoms with Crippen LogP contribution in [0.15, 0.2) is 18.2 Å². The number of hydrogen-bond donors (Lipinski definition) is 1. The SMILES string of the molecule is CCCCNc1ccc(OC(C)=O)cc1C. The van der Waals surface area contributed by atoms with E-state index in [0.29, 0.717) is 5.75 Å². The number of rotatable bonds is 5. The molecule has 0 spiro atoms. The van der Waals surface area contributed by atoms with Crippen LogP contribution in [-0.2, 0) is 4.79 Å². The van der Waals surface area contributed by atoms with E-state index in [1.165, 1.54) is 13.3 Å². The first-order chi connectivity index (χ1) is 7.63. The monoisotopic (exact) mass is 221 g/mol. The second-order valence-corrected chi connectivity index (χ2v) is 3.85. The zero-order chi connectivity index (χ0) is 12.0. The number of nitrogens with one attached hydrogen (secondary N) is 1. The van der Waals surface area contributed by atoms with E-state index in [4.69, 9.17) is 4.74 Å². The molecule has 0 saturated carbocycles. The van der Waals surface area contributed by atoms with Crippen molar-refractivity contribution in [3.8, 4) is 5.75 Å². The standard InChI is InChI=1S/C13H19NO2/c1-4-5-8-14-13-7-6-12(9-10(13)2)16-11(3)15/h6-7,9,14H,4-5,8H2,1-3H3. The smallest absolute Gasteiger partial charge is 0.308 e. The Balaban J connectivity index is 2.64. The third kappa shape index (κ3) is 3.93. The van der Waals surface area contributed by atoms with Gasteiger partial charge >= 0.3 is 5.97 Å². The number of esters is 1. The number of ether oxygens (including phenoxy) is 1. The lowest BCUT2D eigenvalue weighted by Crippen LogP contribution is -2.04. The van der Waals surface area contributed by atoms with E-state index in [0.717, 1.165) is 24.2 Å². The average molecular weight is 221 g/mol. The molecule has 0 amide bonds. The van der Waals surface area contributed by atoms with Crippen LogP contribution >= 0.6 is 0 Å². The predicted octanol–water partition coefficient (Wildman–Crippen LogP) is 3.13. The maximum Gasteiger partial charge on any atom is 0.308 e. The van der Waals surface area contributed by atoms with Crippen molar-refractivity contribution in [1.29, 1.82) is 0 Å². The number of anilines is 1. The summed E-state index contributed by atoms with van der Waals surface area (Å²) in [5.41, 5.74) is 2.19. The van der Waals surface area contributed by atoms with Gasteiger partial charge in [0, 0.05) is 19.2 Å². The van der Waals surface area contributed by atoms with Crippen LogP contribution in [0.4, 0.5) is 5.69 Å². The molecular formula is C13H19NO2. The topological polar surface area (TPSA) is 38.3 Å². The molecule has 0 aromatic heterocycles. The number of carbonyl (C=O) groups excluding carboxylic acids is 1. The summed E-state index contributed by atoms with van der Waals surface area (Å²) in [5.74, 6) is 0.317. The fourth-order valence-corrected chi connectivity index (χ4v) is 1.46. The summed E-state index contributed by atoms with van der Waals surface area (Å²) in [7, 11) is 0. The Labute approximate surface area is 96.8 Å². The van der Waals surface area contributed by atoms with Crippen LogP contribution < -0.4 is 10.1 Å². The van der Waals surface area contributed by atoms with Gasteiger partial charge in [-0.25, -0.2) is 0 Å². The molecule has 0 aliphatic heterocycles. The van der Waals surface area contributed by atoms with Gasteiger partial charge in [0.1, 0.15) is 5.75 Å². The fraction of sp³-hybridized carbons (Fsp3) is 0.462. The van der Waals surface area contributed by atoms with Gasteiger partial charge in [0.15, 0.2) is 0 Å². The van der Waals surface area contributed by atoms with Gasteiger partial charge in [0.05, 0.1) is 0 Å². The molecule has 0 saturated heterocycles. The highest BCUT2D eigenvalue weighted by Crippen LogP contribution is 2.21. The van der Waals surface area contributed by atoms with Crippen molar-refractivity contribution in [2.45, 2.75) is 33.6 Å². The highest BCUT2D eigenvalue weighted by atomic mass is 16.5. The molecule has 1 aromatic carbocycles. The maximum atomic E-state index is 10.8. The van der Waals surface area contributed by atoms with Gasteiger partial charge in [0.2, 0.25) is 0 Å². The summed E-state index contributed by atoms with van der Waals surface area (Å²) >= 11 is 0. The van der Waals surface area contributed by atoms with Gasteiger partial charge < -0.3 is 10.1 Å².